The van der Waals surface area contributed by atoms with Crippen LogP contribution in [0.1, 0.15) is 46.3 Å². The molecule has 7 heteroatoms. The molecule has 0 spiro atoms. The number of piperidine rings is 1. The van der Waals surface area contributed by atoms with E-state index in [1.165, 1.54) is 17.5 Å². The van der Waals surface area contributed by atoms with E-state index in [0.29, 0.717) is 13.2 Å². The van der Waals surface area contributed by atoms with Crippen LogP contribution in [0.5, 0.6) is 0 Å². The number of nitrogens with zero attached hydrogens (tertiary/aromatic N) is 2. The maximum absolute atomic E-state index is 12.5. The summed E-state index contributed by atoms with van der Waals surface area (Å²) in [7, 11) is 0. The molecular weight excluding hydrogens is 304 g/mol. The number of thiazole rings is 1. The number of aromatic nitrogens is 1. The van der Waals surface area contributed by atoms with Crippen molar-refractivity contribution in [3.63, 3.8) is 0 Å². The number of hydrogen-bond acceptors (Lipinski definition) is 5. The normalized spacial score (nSPS) is 21.0. The van der Waals surface area contributed by atoms with Crippen molar-refractivity contribution in [1.82, 2.24) is 9.88 Å². The molecule has 2 saturated heterocycles. The van der Waals surface area contributed by atoms with Crippen LogP contribution in [0.3, 0.4) is 0 Å². The van der Waals surface area contributed by atoms with Crippen molar-refractivity contribution in [1.29, 1.82) is 0 Å². The molecule has 6 nitrogen and oxygen atoms in total. The van der Waals surface area contributed by atoms with Crippen LogP contribution in [0.4, 0.5) is 0 Å². The summed E-state index contributed by atoms with van der Waals surface area (Å²) in [4.78, 5) is 29.9. The molecule has 2 aliphatic rings. The molecule has 1 aromatic heterocycles. The molecule has 1 amide bonds. The number of carbonyl (C=O) groups excluding carboxylic acids is 1. The summed E-state index contributed by atoms with van der Waals surface area (Å²) in [5, 5.41) is 9.85. The lowest BCUT2D eigenvalue weighted by Gasteiger charge is -2.34. The quantitative estimate of drug-likeness (QED) is 0.919. The van der Waals surface area contributed by atoms with E-state index in [9.17, 15) is 9.59 Å². The maximum Gasteiger partial charge on any atom is 0.347 e. The third-order valence-corrected chi connectivity index (χ3v) is 5.61. The molecule has 0 aliphatic carbocycles. The number of carboxylic acid groups (broad SMARTS) is 1. The second-order valence-corrected chi connectivity index (χ2v) is 6.92. The second kappa shape index (κ2) is 6.75. The number of likely N-dealkylation sites (tertiary alicyclic amines) is 1. The van der Waals surface area contributed by atoms with Crippen LogP contribution in [-0.4, -0.2) is 53.2 Å². The lowest BCUT2D eigenvalue weighted by molar-refractivity contribution is -0.139. The largest absolute Gasteiger partial charge is 0.477 e. The van der Waals surface area contributed by atoms with Crippen LogP contribution in [0.2, 0.25) is 0 Å². The molecule has 0 unspecified atom stereocenters. The van der Waals surface area contributed by atoms with Crippen molar-refractivity contribution in [2.24, 2.45) is 5.92 Å². The van der Waals surface area contributed by atoms with Gasteiger partial charge in [0.1, 0.15) is 4.88 Å². The Balaban J connectivity index is 1.55. The molecule has 0 radical (unpaired) electrons. The van der Waals surface area contributed by atoms with E-state index in [2.05, 4.69) is 4.98 Å². The highest BCUT2D eigenvalue weighted by atomic mass is 32.1. The first-order valence-electron chi connectivity index (χ1n) is 7.70. The zero-order valence-electron chi connectivity index (χ0n) is 12.4. The first-order chi connectivity index (χ1) is 10.6. The molecule has 3 rings (SSSR count). The minimum absolute atomic E-state index is 0.115. The lowest BCUT2D eigenvalue weighted by atomic mass is 9.94. The third kappa shape index (κ3) is 3.30. The topological polar surface area (TPSA) is 79.7 Å². The summed E-state index contributed by atoms with van der Waals surface area (Å²) in [5.41, 5.74) is 0. The predicted octanol–water partition coefficient (Wildman–Crippen LogP) is 1.97. The summed E-state index contributed by atoms with van der Waals surface area (Å²) in [6, 6.07) is 0. The fourth-order valence-electron chi connectivity index (χ4n) is 3.12. The van der Waals surface area contributed by atoms with Crippen molar-refractivity contribution in [2.75, 3.05) is 26.3 Å². The van der Waals surface area contributed by atoms with Crippen LogP contribution in [0.25, 0.3) is 0 Å². The van der Waals surface area contributed by atoms with E-state index in [1.807, 2.05) is 4.90 Å². The molecule has 120 valence electrons. The van der Waals surface area contributed by atoms with E-state index in [1.54, 1.807) is 0 Å². The Bertz CT molecular complexity index is 545. The molecule has 3 heterocycles. The highest BCUT2D eigenvalue weighted by molar-refractivity contribution is 7.13. The molecular formula is C15H20N2O4S. The highest BCUT2D eigenvalue weighted by Gasteiger charge is 2.30. The van der Waals surface area contributed by atoms with Crippen molar-refractivity contribution >= 4 is 23.2 Å². The van der Waals surface area contributed by atoms with Gasteiger partial charge >= 0.3 is 5.97 Å². The number of ether oxygens (including phenoxy) is 1. The van der Waals surface area contributed by atoms with E-state index < -0.39 is 5.97 Å². The van der Waals surface area contributed by atoms with Gasteiger partial charge in [-0.1, -0.05) is 0 Å². The van der Waals surface area contributed by atoms with Crippen molar-refractivity contribution < 1.29 is 19.4 Å². The van der Waals surface area contributed by atoms with Gasteiger partial charge in [0.05, 0.1) is 11.2 Å². The number of rotatable bonds is 3. The summed E-state index contributed by atoms with van der Waals surface area (Å²) in [5.74, 6) is -0.274. The standard InChI is InChI=1S/C15H20N2O4S/c18-14(11-3-7-21-8-4-11)17-5-1-10(2-6-17)13-16-9-12(22-13)15(19)20/h9-11H,1-8H2,(H,19,20). The van der Waals surface area contributed by atoms with Gasteiger partial charge in [-0.15, -0.1) is 11.3 Å². The third-order valence-electron chi connectivity index (χ3n) is 4.46. The molecule has 0 atom stereocenters. The van der Waals surface area contributed by atoms with Gasteiger partial charge in [-0.25, -0.2) is 9.78 Å². The minimum atomic E-state index is -0.920. The van der Waals surface area contributed by atoms with Gasteiger partial charge in [0.25, 0.3) is 0 Å². The number of amides is 1. The minimum Gasteiger partial charge on any atom is -0.477 e. The predicted molar refractivity (Wildman–Crippen MR) is 81.2 cm³/mol. The van der Waals surface area contributed by atoms with Gasteiger partial charge in [-0.3, -0.25) is 4.79 Å². The monoisotopic (exact) mass is 324 g/mol. The smallest absolute Gasteiger partial charge is 0.347 e. The van der Waals surface area contributed by atoms with Crippen molar-refractivity contribution in [3.05, 3.63) is 16.1 Å². The number of carbonyl (C=O) groups is 2. The average Bonchev–Trinajstić information content (AvgIpc) is 3.05. The molecule has 0 bridgehead atoms. The number of carboxylic acids is 1. The Labute approximate surface area is 133 Å². The summed E-state index contributed by atoms with van der Waals surface area (Å²) < 4.78 is 5.31. The van der Waals surface area contributed by atoms with Crippen LogP contribution in [-0.2, 0) is 9.53 Å². The molecule has 0 saturated carbocycles. The summed E-state index contributed by atoms with van der Waals surface area (Å²) >= 11 is 1.25. The average molecular weight is 324 g/mol. The Morgan fingerprint density at radius 2 is 1.91 bits per heavy atom. The maximum atomic E-state index is 12.5. The van der Waals surface area contributed by atoms with Gasteiger partial charge in [0.15, 0.2) is 0 Å². The number of aromatic carboxylic acids is 1. The Morgan fingerprint density at radius 3 is 2.50 bits per heavy atom. The van der Waals surface area contributed by atoms with Crippen molar-refractivity contribution in [2.45, 2.75) is 31.6 Å². The zero-order chi connectivity index (χ0) is 15.5. The lowest BCUT2D eigenvalue weighted by Crippen LogP contribution is -2.42. The Morgan fingerprint density at radius 1 is 1.23 bits per heavy atom. The molecule has 2 aliphatic heterocycles. The molecule has 1 N–H and O–H groups in total. The second-order valence-electron chi connectivity index (χ2n) is 5.85. The van der Waals surface area contributed by atoms with Crippen LogP contribution in [0.15, 0.2) is 6.20 Å². The fourth-order valence-corrected chi connectivity index (χ4v) is 4.05. The van der Waals surface area contributed by atoms with Crippen LogP contribution >= 0.6 is 11.3 Å². The summed E-state index contributed by atoms with van der Waals surface area (Å²) in [6.07, 6.45) is 4.81. The molecule has 0 aromatic carbocycles. The van der Waals surface area contributed by atoms with E-state index in [-0.39, 0.29) is 22.6 Å². The van der Waals surface area contributed by atoms with Crippen LogP contribution in [0, 0.1) is 5.92 Å². The molecule has 22 heavy (non-hydrogen) atoms. The van der Waals surface area contributed by atoms with E-state index >= 15 is 0 Å². The van der Waals surface area contributed by atoms with Gasteiger partial charge in [0.2, 0.25) is 5.91 Å². The van der Waals surface area contributed by atoms with Crippen molar-refractivity contribution in [3.8, 4) is 0 Å². The highest BCUT2D eigenvalue weighted by Crippen LogP contribution is 2.32. The first kappa shape index (κ1) is 15.4. The van der Waals surface area contributed by atoms with E-state index in [4.69, 9.17) is 9.84 Å². The van der Waals surface area contributed by atoms with Gasteiger partial charge < -0.3 is 14.7 Å². The van der Waals surface area contributed by atoms with Crippen LogP contribution < -0.4 is 0 Å². The Kier molecular flexibility index (Phi) is 4.73. The zero-order valence-corrected chi connectivity index (χ0v) is 13.2. The fraction of sp³-hybridized carbons (Fsp3) is 0.667. The Hall–Kier alpha value is -1.47. The molecule has 1 aromatic rings. The summed E-state index contributed by atoms with van der Waals surface area (Å²) in [6.45, 7) is 2.85. The van der Waals surface area contributed by atoms with E-state index in [0.717, 1.165) is 43.8 Å². The first-order valence-corrected chi connectivity index (χ1v) is 8.52. The van der Waals surface area contributed by atoms with Gasteiger partial charge in [-0.05, 0) is 25.7 Å². The van der Waals surface area contributed by atoms with Gasteiger partial charge in [0, 0.05) is 38.1 Å². The van der Waals surface area contributed by atoms with Gasteiger partial charge in [-0.2, -0.15) is 0 Å². The molecule has 2 fully saturated rings. The SMILES string of the molecule is O=C(O)c1cnc(C2CCN(C(=O)C3CCOCC3)CC2)s1. The number of hydrogen-bond donors (Lipinski definition) is 1.